The summed E-state index contributed by atoms with van der Waals surface area (Å²) in [5, 5.41) is 3.05. The molecule has 0 aliphatic carbocycles. The van der Waals surface area contributed by atoms with E-state index in [-0.39, 0.29) is 23.9 Å². The van der Waals surface area contributed by atoms with Crippen molar-refractivity contribution in [2.75, 3.05) is 38.2 Å². The third kappa shape index (κ3) is 5.74. The number of amides is 2. The van der Waals surface area contributed by atoms with Gasteiger partial charge in [0.05, 0.1) is 17.6 Å². The van der Waals surface area contributed by atoms with Crippen LogP contribution in [0.25, 0.3) is 0 Å². The van der Waals surface area contributed by atoms with E-state index in [0.29, 0.717) is 29.1 Å². The van der Waals surface area contributed by atoms with Crippen LogP contribution in [0.4, 0.5) is 9.52 Å². The second-order valence-corrected chi connectivity index (χ2v) is 11.7. The molecule has 0 saturated carbocycles. The average molecular weight is 531 g/mol. The molecule has 9 nitrogen and oxygen atoms in total. The summed E-state index contributed by atoms with van der Waals surface area (Å²) >= 11 is 7.02. The molecule has 2 saturated heterocycles. The van der Waals surface area contributed by atoms with Gasteiger partial charge in [-0.05, 0) is 43.4 Å². The molecule has 2 aliphatic rings. The van der Waals surface area contributed by atoms with Crippen molar-refractivity contribution < 1.29 is 27.1 Å². The van der Waals surface area contributed by atoms with E-state index in [4.69, 9.17) is 16.3 Å². The molecule has 0 radical (unpaired) electrons. The van der Waals surface area contributed by atoms with Gasteiger partial charge in [-0.25, -0.2) is 17.8 Å². The van der Waals surface area contributed by atoms with Crippen LogP contribution >= 0.6 is 22.9 Å². The predicted molar refractivity (Wildman–Crippen MR) is 125 cm³/mol. The molecular formula is C21H24ClFN4O5S2. The number of benzene rings is 1. The molecule has 1 aromatic carbocycles. The Morgan fingerprint density at radius 2 is 2.09 bits per heavy atom. The van der Waals surface area contributed by atoms with E-state index >= 15 is 0 Å². The number of aromatic nitrogens is 1. The van der Waals surface area contributed by atoms with Crippen LogP contribution in [-0.2, 0) is 24.3 Å². The Balaban J connectivity index is 1.51. The minimum Gasteiger partial charge on any atom is -0.381 e. The number of ether oxygens (including phenoxy) is 1. The van der Waals surface area contributed by atoms with E-state index in [1.54, 1.807) is 0 Å². The van der Waals surface area contributed by atoms with Crippen LogP contribution < -0.4 is 5.32 Å². The highest BCUT2D eigenvalue weighted by Gasteiger charge is 2.39. The Kier molecular flexibility index (Phi) is 7.83. The maximum Gasteiger partial charge on any atom is 0.248 e. The summed E-state index contributed by atoms with van der Waals surface area (Å²) in [7, 11) is -4.05. The first-order valence-corrected chi connectivity index (χ1v) is 13.4. The third-order valence-corrected chi connectivity index (χ3v) is 8.81. The number of thiazole rings is 1. The highest BCUT2D eigenvalue weighted by molar-refractivity contribution is 7.89. The molecule has 3 heterocycles. The first-order valence-electron chi connectivity index (χ1n) is 10.8. The fraction of sp³-hybridized carbons (Fsp3) is 0.476. The lowest BCUT2D eigenvalue weighted by atomic mass is 9.91. The molecule has 13 heteroatoms. The summed E-state index contributed by atoms with van der Waals surface area (Å²) in [5.41, 5.74) is 0. The molecule has 2 fully saturated rings. The summed E-state index contributed by atoms with van der Waals surface area (Å²) in [6.45, 7) is 0.779. The molecule has 2 aromatic rings. The zero-order valence-electron chi connectivity index (χ0n) is 18.2. The SMILES string of the molecule is O=C(Nc1ncc(Cl)s1)[C@@H](CC1CCOCC1)N1CCN(S(=O)(=O)c2cccc(F)c2)CC1=O. The van der Waals surface area contributed by atoms with Crippen LogP contribution in [0.3, 0.4) is 0 Å². The zero-order chi connectivity index (χ0) is 24.3. The second-order valence-electron chi connectivity index (χ2n) is 8.15. The lowest BCUT2D eigenvalue weighted by Crippen LogP contribution is -2.58. The molecule has 0 unspecified atom stereocenters. The van der Waals surface area contributed by atoms with Gasteiger partial charge in [-0.15, -0.1) is 0 Å². The van der Waals surface area contributed by atoms with Gasteiger partial charge in [0.25, 0.3) is 0 Å². The Labute approximate surface area is 205 Å². The van der Waals surface area contributed by atoms with E-state index in [1.807, 2.05) is 0 Å². The van der Waals surface area contributed by atoms with Crippen molar-refractivity contribution >= 4 is 49.9 Å². The van der Waals surface area contributed by atoms with Crippen molar-refractivity contribution in [2.24, 2.45) is 5.92 Å². The standard InChI is InChI=1S/C21H24ClFN4O5S2/c22-18-12-24-21(33-18)25-20(29)17(10-14-4-8-32-9-5-14)27-7-6-26(13-19(27)28)34(30,31)16-3-1-2-15(23)11-16/h1-3,11-12,14,17H,4-10,13H2,(H,24,25,29)/t17-/m1/s1. The van der Waals surface area contributed by atoms with Gasteiger partial charge in [0.15, 0.2) is 5.13 Å². The lowest BCUT2D eigenvalue weighted by Gasteiger charge is -2.39. The monoisotopic (exact) mass is 530 g/mol. The largest absolute Gasteiger partial charge is 0.381 e. The molecule has 34 heavy (non-hydrogen) atoms. The van der Waals surface area contributed by atoms with Gasteiger partial charge in [0.2, 0.25) is 21.8 Å². The maximum atomic E-state index is 13.6. The Morgan fingerprint density at radius 1 is 1.32 bits per heavy atom. The van der Waals surface area contributed by atoms with Crippen molar-refractivity contribution in [3.63, 3.8) is 0 Å². The van der Waals surface area contributed by atoms with Gasteiger partial charge in [-0.1, -0.05) is 29.0 Å². The van der Waals surface area contributed by atoms with E-state index in [9.17, 15) is 22.4 Å². The molecule has 184 valence electrons. The van der Waals surface area contributed by atoms with Gasteiger partial charge in [-0.2, -0.15) is 4.31 Å². The highest BCUT2D eigenvalue weighted by atomic mass is 35.5. The van der Waals surface area contributed by atoms with Gasteiger partial charge < -0.3 is 15.0 Å². The second kappa shape index (κ2) is 10.6. The molecular weight excluding hydrogens is 507 g/mol. The third-order valence-electron chi connectivity index (χ3n) is 5.94. The molecule has 0 bridgehead atoms. The van der Waals surface area contributed by atoms with Crippen LogP contribution in [0.1, 0.15) is 19.3 Å². The number of halogens is 2. The van der Waals surface area contributed by atoms with Crippen LogP contribution in [0.2, 0.25) is 4.34 Å². The van der Waals surface area contributed by atoms with Crippen molar-refractivity contribution in [1.82, 2.24) is 14.2 Å². The summed E-state index contributed by atoms with van der Waals surface area (Å²) in [6, 6.07) is 3.87. The topological polar surface area (TPSA) is 109 Å². The van der Waals surface area contributed by atoms with E-state index in [1.165, 1.54) is 23.2 Å². The quantitative estimate of drug-likeness (QED) is 0.589. The van der Waals surface area contributed by atoms with Crippen LogP contribution in [0.15, 0.2) is 35.4 Å². The summed E-state index contributed by atoms with van der Waals surface area (Å²) in [4.78, 5) is 31.6. The van der Waals surface area contributed by atoms with E-state index in [2.05, 4.69) is 10.3 Å². The number of carbonyl (C=O) groups excluding carboxylic acids is 2. The number of carbonyl (C=O) groups is 2. The number of rotatable bonds is 7. The number of nitrogens with one attached hydrogen (secondary N) is 1. The number of anilines is 1. The highest BCUT2D eigenvalue weighted by Crippen LogP contribution is 2.28. The Bertz CT molecular complexity index is 1160. The molecule has 1 aromatic heterocycles. The Morgan fingerprint density at radius 3 is 2.74 bits per heavy atom. The number of hydrogen-bond donors (Lipinski definition) is 1. The molecule has 2 aliphatic heterocycles. The van der Waals surface area contributed by atoms with Gasteiger partial charge in [0, 0.05) is 26.3 Å². The van der Waals surface area contributed by atoms with Gasteiger partial charge in [0.1, 0.15) is 16.2 Å². The van der Waals surface area contributed by atoms with Crippen molar-refractivity contribution in [2.45, 2.75) is 30.2 Å². The summed E-state index contributed by atoms with van der Waals surface area (Å²) < 4.78 is 46.3. The molecule has 1 atom stereocenters. The van der Waals surface area contributed by atoms with E-state index in [0.717, 1.165) is 40.6 Å². The van der Waals surface area contributed by atoms with E-state index < -0.39 is 40.2 Å². The minimum absolute atomic E-state index is 0.00871. The zero-order valence-corrected chi connectivity index (χ0v) is 20.5. The number of hydrogen-bond acceptors (Lipinski definition) is 7. The average Bonchev–Trinajstić information content (AvgIpc) is 3.22. The maximum absolute atomic E-state index is 13.6. The molecule has 4 rings (SSSR count). The summed E-state index contributed by atoms with van der Waals surface area (Å²) in [6.07, 6.45) is 3.40. The normalized spacial score (nSPS) is 19.2. The fourth-order valence-electron chi connectivity index (χ4n) is 4.15. The van der Waals surface area contributed by atoms with Crippen molar-refractivity contribution in [3.05, 3.63) is 40.6 Å². The van der Waals surface area contributed by atoms with Crippen molar-refractivity contribution in [3.8, 4) is 0 Å². The number of nitrogens with zero attached hydrogens (tertiary/aromatic N) is 3. The first kappa shape index (κ1) is 25.0. The van der Waals surface area contributed by atoms with Crippen molar-refractivity contribution in [1.29, 1.82) is 0 Å². The number of piperazine rings is 1. The summed E-state index contributed by atoms with van der Waals surface area (Å²) in [5.74, 6) is -1.38. The van der Waals surface area contributed by atoms with Crippen LogP contribution in [-0.4, -0.2) is 73.3 Å². The minimum atomic E-state index is -4.05. The predicted octanol–water partition coefficient (Wildman–Crippen LogP) is 2.59. The van der Waals surface area contributed by atoms with Gasteiger partial charge >= 0.3 is 0 Å². The molecule has 2 amide bonds. The molecule has 1 N–H and O–H groups in total. The van der Waals surface area contributed by atoms with Crippen LogP contribution in [0.5, 0.6) is 0 Å². The molecule has 0 spiro atoms. The lowest BCUT2D eigenvalue weighted by molar-refractivity contribution is -0.142. The van der Waals surface area contributed by atoms with Gasteiger partial charge in [-0.3, -0.25) is 9.59 Å². The number of sulfonamides is 1. The Hall–Kier alpha value is -2.12. The smallest absolute Gasteiger partial charge is 0.248 e. The fourth-order valence-corrected chi connectivity index (χ4v) is 6.38. The van der Waals surface area contributed by atoms with Crippen LogP contribution in [0, 0.1) is 11.7 Å². The first-order chi connectivity index (χ1) is 16.2.